The molecule has 0 aliphatic carbocycles. The second kappa shape index (κ2) is 5.87. The summed E-state index contributed by atoms with van der Waals surface area (Å²) in [5, 5.41) is 0. The van der Waals surface area contributed by atoms with Gasteiger partial charge in [0, 0.05) is 37.8 Å². The van der Waals surface area contributed by atoms with Crippen LogP contribution in [0.5, 0.6) is 0 Å². The molecule has 0 aromatic carbocycles. The Bertz CT molecular complexity index is 328. The Morgan fingerprint density at radius 2 is 1.53 bits per heavy atom. The molecule has 0 atom stereocenters. The van der Waals surface area contributed by atoms with Gasteiger partial charge in [-0.1, -0.05) is 48.5 Å². The molecule has 0 radical (unpaired) electrons. The smallest absolute Gasteiger partial charge is 0.0299 e. The number of nitrogens with zero attached hydrogens (tertiary/aromatic N) is 2. The van der Waals surface area contributed by atoms with Gasteiger partial charge in [-0.25, -0.2) is 0 Å². The van der Waals surface area contributed by atoms with Crippen molar-refractivity contribution < 1.29 is 0 Å². The van der Waals surface area contributed by atoms with Crippen LogP contribution in [0.25, 0.3) is 0 Å². The molecule has 0 spiro atoms. The largest absolute Gasteiger partial charge is 0.376 e. The van der Waals surface area contributed by atoms with E-state index in [0.29, 0.717) is 0 Å². The molecule has 0 saturated heterocycles. The first-order valence-corrected chi connectivity index (χ1v) is 7.75. The first-order valence-electron chi connectivity index (χ1n) is 7.75. The normalized spacial score (nSPS) is 19.9. The van der Waals surface area contributed by atoms with Crippen LogP contribution in [0, 0.1) is 10.8 Å². The quantitative estimate of drug-likeness (QED) is 0.745. The van der Waals surface area contributed by atoms with Crippen LogP contribution >= 0.6 is 0 Å². The van der Waals surface area contributed by atoms with Crippen LogP contribution in [-0.2, 0) is 0 Å². The van der Waals surface area contributed by atoms with Gasteiger partial charge in [0.2, 0.25) is 0 Å². The molecule has 1 aliphatic heterocycles. The van der Waals surface area contributed by atoms with E-state index in [1.807, 2.05) is 0 Å². The first kappa shape index (κ1) is 16.6. The van der Waals surface area contributed by atoms with E-state index < -0.39 is 0 Å². The van der Waals surface area contributed by atoms with Crippen molar-refractivity contribution in [3.8, 4) is 0 Å². The molecule has 0 unspecified atom stereocenters. The van der Waals surface area contributed by atoms with Gasteiger partial charge in [0.25, 0.3) is 0 Å². The molecule has 112 valence electrons. The zero-order valence-corrected chi connectivity index (χ0v) is 14.4. The summed E-state index contributed by atoms with van der Waals surface area (Å²) in [5.74, 6) is 0. The van der Waals surface area contributed by atoms with Crippen molar-refractivity contribution in [3.05, 3.63) is 11.3 Å². The lowest BCUT2D eigenvalue weighted by atomic mass is 9.78. The molecule has 0 fully saturated rings. The highest BCUT2D eigenvalue weighted by atomic mass is 15.2. The summed E-state index contributed by atoms with van der Waals surface area (Å²) in [6, 6.07) is 0. The molecule has 1 heterocycles. The van der Waals surface area contributed by atoms with E-state index >= 15 is 0 Å². The van der Waals surface area contributed by atoms with Crippen molar-refractivity contribution >= 4 is 0 Å². The van der Waals surface area contributed by atoms with E-state index in [4.69, 9.17) is 0 Å². The fourth-order valence-corrected chi connectivity index (χ4v) is 3.14. The van der Waals surface area contributed by atoms with E-state index in [2.05, 4.69) is 65.3 Å². The molecule has 2 nitrogen and oxygen atoms in total. The molecule has 2 heteroatoms. The Labute approximate surface area is 120 Å². The van der Waals surface area contributed by atoms with Crippen LogP contribution in [-0.4, -0.2) is 43.0 Å². The molecule has 0 aromatic heterocycles. The number of likely N-dealkylation sites (N-methyl/N-ethyl adjacent to an activating group) is 1. The van der Waals surface area contributed by atoms with Gasteiger partial charge in [0.15, 0.2) is 0 Å². The highest BCUT2D eigenvalue weighted by Crippen LogP contribution is 2.39. The molecule has 0 bridgehead atoms. The topological polar surface area (TPSA) is 6.48 Å². The Morgan fingerprint density at radius 1 is 0.947 bits per heavy atom. The molecular weight excluding hydrogens is 232 g/mol. The maximum atomic E-state index is 2.62. The highest BCUT2D eigenvalue weighted by Gasteiger charge is 2.33. The zero-order valence-electron chi connectivity index (χ0n) is 14.4. The molecule has 1 aliphatic rings. The lowest BCUT2D eigenvalue weighted by molar-refractivity contribution is 0.261. The van der Waals surface area contributed by atoms with Crippen molar-refractivity contribution in [2.45, 2.75) is 54.9 Å². The van der Waals surface area contributed by atoms with Gasteiger partial charge in [-0.15, -0.1) is 0 Å². The maximum absolute atomic E-state index is 2.62. The standard InChI is InChI=1S/C17H34N2/c1-9-10-19-12-11-18(8)15(17(5,6)7)14(13-19)16(2,3)4/h9-13H2,1-8H3. The van der Waals surface area contributed by atoms with Crippen molar-refractivity contribution in [1.82, 2.24) is 9.80 Å². The maximum Gasteiger partial charge on any atom is 0.0299 e. The van der Waals surface area contributed by atoms with E-state index in [1.165, 1.54) is 19.5 Å². The zero-order chi connectivity index (χ0) is 14.8. The summed E-state index contributed by atoms with van der Waals surface area (Å²) in [7, 11) is 2.27. The van der Waals surface area contributed by atoms with Crippen LogP contribution in [0.1, 0.15) is 54.9 Å². The monoisotopic (exact) mass is 266 g/mol. The second-order valence-electron chi connectivity index (χ2n) is 8.02. The number of hydrogen-bond donors (Lipinski definition) is 0. The summed E-state index contributed by atoms with van der Waals surface area (Å²) in [6.07, 6.45) is 1.24. The predicted octanol–water partition coefficient (Wildman–Crippen LogP) is 3.99. The van der Waals surface area contributed by atoms with Crippen LogP contribution < -0.4 is 0 Å². The minimum absolute atomic E-state index is 0.222. The van der Waals surface area contributed by atoms with Crippen molar-refractivity contribution in [3.63, 3.8) is 0 Å². The van der Waals surface area contributed by atoms with E-state index in [-0.39, 0.29) is 10.8 Å². The lowest BCUT2D eigenvalue weighted by Crippen LogP contribution is -2.32. The van der Waals surface area contributed by atoms with Crippen LogP contribution in [0.3, 0.4) is 0 Å². The summed E-state index contributed by atoms with van der Waals surface area (Å²) >= 11 is 0. The number of hydrogen-bond acceptors (Lipinski definition) is 2. The van der Waals surface area contributed by atoms with E-state index in [0.717, 1.165) is 13.1 Å². The van der Waals surface area contributed by atoms with Crippen molar-refractivity contribution in [1.29, 1.82) is 0 Å². The Hall–Kier alpha value is -0.500. The van der Waals surface area contributed by atoms with Crippen molar-refractivity contribution in [2.24, 2.45) is 10.8 Å². The predicted molar refractivity (Wildman–Crippen MR) is 85.3 cm³/mol. The summed E-state index contributed by atoms with van der Waals surface area (Å²) in [5.41, 5.74) is 3.64. The van der Waals surface area contributed by atoms with Gasteiger partial charge >= 0.3 is 0 Å². The fraction of sp³-hybridized carbons (Fsp3) is 0.882. The Kier molecular flexibility index (Phi) is 5.11. The van der Waals surface area contributed by atoms with Gasteiger partial charge in [-0.3, -0.25) is 4.90 Å². The SMILES string of the molecule is CCCN1CCN(C)C(C(C)(C)C)=C(C(C)(C)C)C1. The van der Waals surface area contributed by atoms with Gasteiger partial charge in [-0.2, -0.15) is 0 Å². The third-order valence-corrected chi connectivity index (χ3v) is 3.96. The molecule has 1 rings (SSSR count). The van der Waals surface area contributed by atoms with Gasteiger partial charge in [0.1, 0.15) is 0 Å². The van der Waals surface area contributed by atoms with Gasteiger partial charge < -0.3 is 4.90 Å². The minimum Gasteiger partial charge on any atom is -0.376 e. The Morgan fingerprint density at radius 3 is 1.95 bits per heavy atom. The average molecular weight is 266 g/mol. The summed E-state index contributed by atoms with van der Waals surface area (Å²) in [4.78, 5) is 5.12. The fourth-order valence-electron chi connectivity index (χ4n) is 3.14. The molecule has 0 saturated carbocycles. The molecule has 0 N–H and O–H groups in total. The second-order valence-corrected chi connectivity index (χ2v) is 8.02. The van der Waals surface area contributed by atoms with E-state index in [1.54, 1.807) is 11.3 Å². The lowest BCUT2D eigenvalue weighted by Gasteiger charge is -2.37. The Balaban J connectivity index is 3.24. The molecule has 19 heavy (non-hydrogen) atoms. The van der Waals surface area contributed by atoms with Crippen LogP contribution in [0.15, 0.2) is 11.3 Å². The number of rotatable bonds is 2. The highest BCUT2D eigenvalue weighted by molar-refractivity contribution is 5.26. The van der Waals surface area contributed by atoms with Crippen LogP contribution in [0.2, 0.25) is 0 Å². The van der Waals surface area contributed by atoms with Crippen LogP contribution in [0.4, 0.5) is 0 Å². The third-order valence-electron chi connectivity index (χ3n) is 3.96. The first-order chi connectivity index (χ1) is 8.57. The summed E-state index contributed by atoms with van der Waals surface area (Å²) in [6.45, 7) is 21.1. The average Bonchev–Trinajstić information content (AvgIpc) is 2.37. The summed E-state index contributed by atoms with van der Waals surface area (Å²) < 4.78 is 0. The molecule has 0 amide bonds. The minimum atomic E-state index is 0.222. The molecular formula is C17H34N2. The van der Waals surface area contributed by atoms with Crippen molar-refractivity contribution in [2.75, 3.05) is 33.2 Å². The molecule has 0 aromatic rings. The van der Waals surface area contributed by atoms with E-state index in [9.17, 15) is 0 Å². The van der Waals surface area contributed by atoms with Gasteiger partial charge in [0.05, 0.1) is 0 Å². The number of allylic oxidation sites excluding steroid dienone is 1. The van der Waals surface area contributed by atoms with Gasteiger partial charge in [-0.05, 0) is 24.0 Å². The third kappa shape index (κ3) is 4.24.